The maximum absolute atomic E-state index is 13.2. The minimum absolute atomic E-state index is 0.337. The zero-order valence-electron chi connectivity index (χ0n) is 6.38. The van der Waals surface area contributed by atoms with E-state index in [0.29, 0.717) is 26.3 Å². The van der Waals surface area contributed by atoms with Crippen LogP contribution in [0.4, 0.5) is 4.39 Å². The minimum Gasteiger partial charge on any atom is -0.298 e. The van der Waals surface area contributed by atoms with Gasteiger partial charge in [-0.3, -0.25) is 4.79 Å². The first-order chi connectivity index (χ1) is 6.20. The molecule has 66 valence electrons. The van der Waals surface area contributed by atoms with Gasteiger partial charge in [-0.2, -0.15) is 0 Å². The van der Waals surface area contributed by atoms with Gasteiger partial charge in [-0.05, 0) is 18.2 Å². The van der Waals surface area contributed by atoms with Gasteiger partial charge in [-0.15, -0.1) is 11.3 Å². The van der Waals surface area contributed by atoms with Crippen molar-refractivity contribution >= 4 is 39.3 Å². The quantitative estimate of drug-likeness (QED) is 0.664. The number of carbonyl (C=O) groups is 1. The molecule has 0 N–H and O–H groups in total. The van der Waals surface area contributed by atoms with E-state index in [9.17, 15) is 9.18 Å². The molecule has 0 radical (unpaired) electrons. The van der Waals surface area contributed by atoms with Crippen LogP contribution in [0.1, 0.15) is 10.4 Å². The van der Waals surface area contributed by atoms with Gasteiger partial charge in [-0.25, -0.2) is 4.39 Å². The van der Waals surface area contributed by atoms with Gasteiger partial charge >= 0.3 is 0 Å². The monoisotopic (exact) mass is 214 g/mol. The van der Waals surface area contributed by atoms with Crippen LogP contribution >= 0.6 is 22.9 Å². The Labute approximate surface area is 82.7 Å². The minimum atomic E-state index is -0.400. The van der Waals surface area contributed by atoms with Gasteiger partial charge in [-0.1, -0.05) is 11.6 Å². The molecule has 0 aliphatic rings. The van der Waals surface area contributed by atoms with Crippen LogP contribution in [-0.4, -0.2) is 6.29 Å². The second-order valence-corrected chi connectivity index (χ2v) is 4.30. The zero-order chi connectivity index (χ0) is 9.42. The highest BCUT2D eigenvalue weighted by Gasteiger charge is 2.06. The molecule has 1 nitrogen and oxygen atoms in total. The summed E-state index contributed by atoms with van der Waals surface area (Å²) in [6, 6.07) is 4.39. The Hall–Kier alpha value is -0.930. The predicted octanol–water partition coefficient (Wildman–Crippen LogP) is 3.51. The van der Waals surface area contributed by atoms with Crippen molar-refractivity contribution in [1.29, 1.82) is 0 Å². The normalized spacial score (nSPS) is 10.6. The van der Waals surface area contributed by atoms with E-state index in [1.165, 1.54) is 17.4 Å². The van der Waals surface area contributed by atoms with Crippen molar-refractivity contribution in [1.82, 2.24) is 0 Å². The van der Waals surface area contributed by atoms with Crippen LogP contribution in [0.2, 0.25) is 4.34 Å². The molecule has 13 heavy (non-hydrogen) atoms. The lowest BCUT2D eigenvalue weighted by Gasteiger charge is -1.93. The lowest BCUT2D eigenvalue weighted by molar-refractivity contribution is 0.112. The average molecular weight is 215 g/mol. The van der Waals surface area contributed by atoms with Gasteiger partial charge in [0.1, 0.15) is 12.1 Å². The molecule has 0 aliphatic carbocycles. The molecule has 0 unspecified atom stereocenters. The van der Waals surface area contributed by atoms with Gasteiger partial charge in [0.05, 0.1) is 4.34 Å². The maximum Gasteiger partial charge on any atom is 0.150 e. The summed E-state index contributed by atoms with van der Waals surface area (Å²) in [5, 5.41) is 0.473. The Morgan fingerprint density at radius 2 is 2.15 bits per heavy atom. The van der Waals surface area contributed by atoms with Crippen LogP contribution in [0.5, 0.6) is 0 Å². The van der Waals surface area contributed by atoms with E-state index in [1.54, 1.807) is 12.1 Å². The number of thiophene rings is 1. The standard InChI is InChI=1S/C9H4ClFOS/c10-9-3-6-7(11)1-5(4-12)2-8(6)13-9/h1-4H. The molecule has 4 heteroatoms. The van der Waals surface area contributed by atoms with E-state index < -0.39 is 5.82 Å². The van der Waals surface area contributed by atoms with E-state index in [2.05, 4.69) is 0 Å². The summed E-state index contributed by atoms with van der Waals surface area (Å²) in [6.07, 6.45) is 0.621. The second-order valence-electron chi connectivity index (χ2n) is 2.58. The molecule has 0 saturated heterocycles. The molecule has 0 amide bonds. The third-order valence-electron chi connectivity index (χ3n) is 1.72. The summed E-state index contributed by atoms with van der Waals surface area (Å²) >= 11 is 6.98. The highest BCUT2D eigenvalue weighted by molar-refractivity contribution is 7.22. The maximum atomic E-state index is 13.2. The smallest absolute Gasteiger partial charge is 0.150 e. The van der Waals surface area contributed by atoms with Crippen molar-refractivity contribution in [2.45, 2.75) is 0 Å². The Bertz CT molecular complexity index is 478. The zero-order valence-corrected chi connectivity index (χ0v) is 7.95. The molecule has 0 atom stereocenters. The van der Waals surface area contributed by atoms with Gasteiger partial charge in [0, 0.05) is 15.6 Å². The first-order valence-electron chi connectivity index (χ1n) is 3.54. The van der Waals surface area contributed by atoms with Crippen LogP contribution in [0.25, 0.3) is 10.1 Å². The fraction of sp³-hybridized carbons (Fsp3) is 0. The van der Waals surface area contributed by atoms with Crippen LogP contribution in [0, 0.1) is 5.82 Å². The number of carbonyl (C=O) groups excluding carboxylic acids is 1. The van der Waals surface area contributed by atoms with Gasteiger partial charge < -0.3 is 0 Å². The van der Waals surface area contributed by atoms with Crippen molar-refractivity contribution in [3.05, 3.63) is 33.9 Å². The number of hydrogen-bond acceptors (Lipinski definition) is 2. The molecule has 0 spiro atoms. The predicted molar refractivity (Wildman–Crippen MR) is 52.2 cm³/mol. The topological polar surface area (TPSA) is 17.1 Å². The Morgan fingerprint density at radius 1 is 1.38 bits per heavy atom. The second kappa shape index (κ2) is 3.09. The van der Waals surface area contributed by atoms with Gasteiger partial charge in [0.25, 0.3) is 0 Å². The number of benzene rings is 1. The molecule has 0 bridgehead atoms. The summed E-state index contributed by atoms with van der Waals surface area (Å²) in [6.45, 7) is 0. The molecule has 0 saturated carbocycles. The molecule has 0 fully saturated rings. The van der Waals surface area contributed by atoms with Crippen LogP contribution in [0.3, 0.4) is 0 Å². The summed E-state index contributed by atoms with van der Waals surface area (Å²) < 4.78 is 14.5. The molecule has 1 aromatic heterocycles. The fourth-order valence-electron chi connectivity index (χ4n) is 1.15. The van der Waals surface area contributed by atoms with Crippen LogP contribution in [0.15, 0.2) is 18.2 Å². The number of aldehydes is 1. The van der Waals surface area contributed by atoms with Crippen LogP contribution < -0.4 is 0 Å². The van der Waals surface area contributed by atoms with E-state index in [4.69, 9.17) is 11.6 Å². The van der Waals surface area contributed by atoms with Gasteiger partial charge in [0.2, 0.25) is 0 Å². The summed E-state index contributed by atoms with van der Waals surface area (Å²) in [5.74, 6) is -0.400. The molecule has 2 aromatic rings. The number of hydrogen-bond donors (Lipinski definition) is 0. The average Bonchev–Trinajstić information content (AvgIpc) is 2.46. The fourth-order valence-corrected chi connectivity index (χ4v) is 2.36. The molecular weight excluding hydrogens is 211 g/mol. The number of halogens is 2. The molecule has 1 heterocycles. The summed E-state index contributed by atoms with van der Waals surface area (Å²) in [5.41, 5.74) is 0.337. The Kier molecular flexibility index (Phi) is 2.06. The van der Waals surface area contributed by atoms with Crippen molar-refractivity contribution < 1.29 is 9.18 Å². The molecule has 2 rings (SSSR count). The van der Waals surface area contributed by atoms with Crippen molar-refractivity contribution in [2.24, 2.45) is 0 Å². The first kappa shape index (κ1) is 8.66. The lowest BCUT2D eigenvalue weighted by Crippen LogP contribution is -1.81. The van der Waals surface area contributed by atoms with E-state index in [0.717, 1.165) is 0 Å². The first-order valence-corrected chi connectivity index (χ1v) is 4.74. The van der Waals surface area contributed by atoms with Crippen molar-refractivity contribution in [3.8, 4) is 0 Å². The summed E-state index contributed by atoms with van der Waals surface area (Å²) in [7, 11) is 0. The van der Waals surface area contributed by atoms with E-state index >= 15 is 0 Å². The highest BCUT2D eigenvalue weighted by atomic mass is 35.5. The Morgan fingerprint density at radius 3 is 2.85 bits per heavy atom. The van der Waals surface area contributed by atoms with E-state index in [1.807, 2.05) is 0 Å². The third kappa shape index (κ3) is 1.45. The SMILES string of the molecule is O=Cc1cc(F)c2cc(Cl)sc2c1. The Balaban J connectivity index is 2.82. The van der Waals surface area contributed by atoms with Gasteiger partial charge in [0.15, 0.2) is 0 Å². The van der Waals surface area contributed by atoms with Crippen molar-refractivity contribution in [3.63, 3.8) is 0 Å². The van der Waals surface area contributed by atoms with Crippen LogP contribution in [-0.2, 0) is 0 Å². The van der Waals surface area contributed by atoms with Crippen molar-refractivity contribution in [2.75, 3.05) is 0 Å². The summed E-state index contributed by atoms with van der Waals surface area (Å²) in [4.78, 5) is 10.4. The number of fused-ring (bicyclic) bond motifs is 1. The third-order valence-corrected chi connectivity index (χ3v) is 2.93. The van der Waals surface area contributed by atoms with E-state index in [-0.39, 0.29) is 0 Å². The lowest BCUT2D eigenvalue weighted by atomic mass is 10.2. The molecule has 1 aromatic carbocycles. The molecule has 0 aliphatic heterocycles. The highest BCUT2D eigenvalue weighted by Crippen LogP contribution is 2.31. The molecular formula is C9H4ClFOS. The largest absolute Gasteiger partial charge is 0.298 e. The number of rotatable bonds is 1.